The van der Waals surface area contributed by atoms with E-state index >= 15 is 0 Å². The lowest BCUT2D eigenvalue weighted by atomic mass is 9.89. The van der Waals surface area contributed by atoms with E-state index in [4.69, 9.17) is 10.5 Å². The molecule has 4 heterocycles. The predicted octanol–water partition coefficient (Wildman–Crippen LogP) is 3.46. The van der Waals surface area contributed by atoms with E-state index in [2.05, 4.69) is 25.9 Å². The van der Waals surface area contributed by atoms with Crippen LogP contribution >= 0.6 is 11.8 Å². The molecular weight excluding hydrogens is 542 g/mol. The van der Waals surface area contributed by atoms with Gasteiger partial charge in [-0.1, -0.05) is 42.8 Å². The van der Waals surface area contributed by atoms with E-state index in [0.717, 1.165) is 31.2 Å². The van der Waals surface area contributed by atoms with E-state index in [1.54, 1.807) is 29.3 Å². The Balaban J connectivity index is 1.23. The molecule has 3 aromatic rings. The Bertz CT molecular complexity index is 1490. The third-order valence-electron chi connectivity index (χ3n) is 7.63. The summed E-state index contributed by atoms with van der Waals surface area (Å²) in [5, 5.41) is 9.23. The summed E-state index contributed by atoms with van der Waals surface area (Å²) in [6, 6.07) is 13.4. The maximum atomic E-state index is 13.6. The van der Waals surface area contributed by atoms with Gasteiger partial charge in [0.05, 0.1) is 29.7 Å². The van der Waals surface area contributed by atoms with Crippen LogP contribution in [0.5, 0.6) is 11.6 Å². The topological polar surface area (TPSA) is 152 Å². The number of pyridine rings is 2. The number of nitrogens with one attached hydrogen (secondary N) is 3. The van der Waals surface area contributed by atoms with Crippen molar-refractivity contribution in [2.45, 2.75) is 61.0 Å². The van der Waals surface area contributed by atoms with Crippen molar-refractivity contribution in [2.75, 3.05) is 11.4 Å². The van der Waals surface area contributed by atoms with Crippen LogP contribution in [0.1, 0.15) is 43.0 Å². The Morgan fingerprint density at radius 3 is 2.56 bits per heavy atom. The van der Waals surface area contributed by atoms with Crippen LogP contribution in [-0.2, 0) is 9.59 Å². The molecule has 4 amide bonds. The van der Waals surface area contributed by atoms with E-state index in [9.17, 15) is 14.4 Å². The normalized spacial score (nSPS) is 22.9. The monoisotopic (exact) mass is 573 g/mol. The van der Waals surface area contributed by atoms with Gasteiger partial charge in [0.25, 0.3) is 0 Å². The number of thioether (sulfide) groups is 1. The minimum Gasteiger partial charge on any atom is -0.439 e. The van der Waals surface area contributed by atoms with E-state index in [1.807, 2.05) is 37.3 Å². The number of anilines is 2. The van der Waals surface area contributed by atoms with Gasteiger partial charge < -0.3 is 26.4 Å². The molecule has 4 atom stereocenters. The van der Waals surface area contributed by atoms with Gasteiger partial charge in [0.15, 0.2) is 0 Å². The molecule has 0 saturated heterocycles. The average molecular weight is 574 g/mol. The van der Waals surface area contributed by atoms with Crippen molar-refractivity contribution in [3.63, 3.8) is 0 Å². The summed E-state index contributed by atoms with van der Waals surface area (Å²) in [6.07, 6.45) is 5.12. The van der Waals surface area contributed by atoms with Crippen LogP contribution in [0.4, 0.5) is 16.2 Å². The van der Waals surface area contributed by atoms with E-state index in [-0.39, 0.29) is 36.5 Å². The molecular formula is C29H31N7O4S. The van der Waals surface area contributed by atoms with Crippen molar-refractivity contribution in [1.82, 2.24) is 25.9 Å². The number of carbonyl (C=O) groups is 3. The zero-order valence-electron chi connectivity index (χ0n) is 22.5. The van der Waals surface area contributed by atoms with Crippen molar-refractivity contribution < 1.29 is 19.1 Å². The highest BCUT2D eigenvalue weighted by Crippen LogP contribution is 2.51. The highest BCUT2D eigenvalue weighted by molar-refractivity contribution is 8.01. The van der Waals surface area contributed by atoms with Crippen molar-refractivity contribution in [2.24, 2.45) is 5.73 Å². The standard InChI is InChI=1S/C29H31N7O4S/c1-16-20(11-12-23(32-16)40-17-7-3-2-4-8-17)36-21-13-14-31-28-24(21)25(35-29(36)39)26(41-28)27(38)34-19-10-6-5-9-18(19)33-22(37)15-30/h2-4,7-8,11-14,18-19,25-26H,5-6,9-10,15,30H2,1H3,(H,33,37)(H,34,38)(H,35,39)/t18-,19+,25?,26?/m1/s1. The van der Waals surface area contributed by atoms with Crippen molar-refractivity contribution in [3.8, 4) is 11.6 Å². The summed E-state index contributed by atoms with van der Waals surface area (Å²) in [6.45, 7) is 1.73. The molecule has 12 heteroatoms. The van der Waals surface area contributed by atoms with Gasteiger partial charge in [0.2, 0.25) is 17.7 Å². The maximum Gasteiger partial charge on any atom is 0.327 e. The fourth-order valence-electron chi connectivity index (χ4n) is 5.70. The number of aryl methyl sites for hydroxylation is 1. The Morgan fingerprint density at radius 1 is 1.07 bits per heavy atom. The lowest BCUT2D eigenvalue weighted by Crippen LogP contribution is -2.56. The quantitative estimate of drug-likeness (QED) is 0.336. The number of amides is 4. The molecule has 212 valence electrons. The van der Waals surface area contributed by atoms with Crippen molar-refractivity contribution in [3.05, 3.63) is 66.0 Å². The van der Waals surface area contributed by atoms with E-state index in [1.165, 1.54) is 11.8 Å². The number of para-hydroxylation sites is 1. The Kier molecular flexibility index (Phi) is 7.50. The number of nitrogens with zero attached hydrogens (tertiary/aromatic N) is 3. The van der Waals surface area contributed by atoms with Crippen LogP contribution in [0.25, 0.3) is 0 Å². The molecule has 5 N–H and O–H groups in total. The summed E-state index contributed by atoms with van der Waals surface area (Å²) >= 11 is 1.34. The molecule has 6 rings (SSSR count). The third kappa shape index (κ3) is 5.32. The molecule has 11 nitrogen and oxygen atoms in total. The molecule has 1 aromatic carbocycles. The number of hydrogen-bond acceptors (Lipinski definition) is 8. The first-order valence-corrected chi connectivity index (χ1v) is 14.6. The third-order valence-corrected chi connectivity index (χ3v) is 8.92. The lowest BCUT2D eigenvalue weighted by Gasteiger charge is -2.36. The Hall–Kier alpha value is -4.16. The number of urea groups is 1. The zero-order valence-corrected chi connectivity index (χ0v) is 23.3. The average Bonchev–Trinajstić information content (AvgIpc) is 3.35. The summed E-state index contributed by atoms with van der Waals surface area (Å²) in [7, 11) is 0. The van der Waals surface area contributed by atoms with E-state index in [0.29, 0.717) is 33.7 Å². The summed E-state index contributed by atoms with van der Waals surface area (Å²) in [4.78, 5) is 49.8. The first-order chi connectivity index (χ1) is 19.9. The Labute approximate surface area is 241 Å². The molecule has 0 bridgehead atoms. The number of ether oxygens (including phenoxy) is 1. The molecule has 1 saturated carbocycles. The molecule has 2 aromatic heterocycles. The minimum absolute atomic E-state index is 0.0955. The van der Waals surface area contributed by atoms with Gasteiger partial charge in [-0.25, -0.2) is 14.8 Å². The number of benzene rings is 1. The van der Waals surface area contributed by atoms with Gasteiger partial charge in [-0.15, -0.1) is 0 Å². The second-order valence-electron chi connectivity index (χ2n) is 10.3. The summed E-state index contributed by atoms with van der Waals surface area (Å²) in [5.41, 5.74) is 8.18. The second-order valence-corrected chi connectivity index (χ2v) is 11.4. The van der Waals surface area contributed by atoms with Crippen LogP contribution in [0, 0.1) is 6.92 Å². The predicted molar refractivity (Wildman–Crippen MR) is 154 cm³/mol. The van der Waals surface area contributed by atoms with Gasteiger partial charge in [-0.05, 0) is 44.0 Å². The fraction of sp³-hybridized carbons (Fsp3) is 0.345. The zero-order chi connectivity index (χ0) is 28.5. The van der Waals surface area contributed by atoms with Crippen LogP contribution < -0.4 is 31.3 Å². The van der Waals surface area contributed by atoms with Crippen LogP contribution in [0.2, 0.25) is 0 Å². The largest absolute Gasteiger partial charge is 0.439 e. The number of nitrogens with two attached hydrogens (primary N) is 1. The SMILES string of the molecule is Cc1nc(Oc2ccccc2)ccc1N1C(=O)NC2c3c1ccnc3SC2C(=O)N[C@H]1CCCC[C@H]1NC(=O)CN. The molecule has 2 aliphatic heterocycles. The van der Waals surface area contributed by atoms with Crippen LogP contribution in [0.3, 0.4) is 0 Å². The van der Waals surface area contributed by atoms with Crippen molar-refractivity contribution >= 4 is 41.0 Å². The first-order valence-electron chi connectivity index (χ1n) is 13.7. The van der Waals surface area contributed by atoms with E-state index < -0.39 is 11.3 Å². The van der Waals surface area contributed by atoms with Crippen LogP contribution in [0.15, 0.2) is 59.8 Å². The number of carbonyl (C=O) groups excluding carboxylic acids is 3. The molecule has 3 aliphatic rings. The van der Waals surface area contributed by atoms with Crippen LogP contribution in [-0.4, -0.2) is 51.7 Å². The summed E-state index contributed by atoms with van der Waals surface area (Å²) in [5.74, 6) is 0.651. The number of hydrogen-bond donors (Lipinski definition) is 4. The smallest absolute Gasteiger partial charge is 0.327 e. The van der Waals surface area contributed by atoms with Crippen molar-refractivity contribution in [1.29, 1.82) is 0 Å². The summed E-state index contributed by atoms with van der Waals surface area (Å²) < 4.78 is 5.86. The van der Waals surface area contributed by atoms with Gasteiger partial charge in [0, 0.05) is 29.9 Å². The van der Waals surface area contributed by atoms with Gasteiger partial charge in [0.1, 0.15) is 16.0 Å². The highest BCUT2D eigenvalue weighted by Gasteiger charge is 2.47. The molecule has 41 heavy (non-hydrogen) atoms. The van der Waals surface area contributed by atoms with Gasteiger partial charge in [-0.2, -0.15) is 0 Å². The second kappa shape index (κ2) is 11.4. The number of aromatic nitrogens is 2. The van der Waals surface area contributed by atoms with Gasteiger partial charge in [-0.3, -0.25) is 14.5 Å². The molecule has 1 fully saturated rings. The van der Waals surface area contributed by atoms with Gasteiger partial charge >= 0.3 is 6.03 Å². The molecule has 2 unspecified atom stereocenters. The molecule has 0 spiro atoms. The molecule has 1 aliphatic carbocycles. The molecule has 0 radical (unpaired) electrons. The number of rotatable bonds is 7. The maximum absolute atomic E-state index is 13.6. The minimum atomic E-state index is -0.599. The Morgan fingerprint density at radius 2 is 1.83 bits per heavy atom. The lowest BCUT2D eigenvalue weighted by molar-refractivity contribution is -0.124. The highest BCUT2D eigenvalue weighted by atomic mass is 32.2. The fourth-order valence-corrected chi connectivity index (χ4v) is 6.94. The first kappa shape index (κ1) is 27.0.